The SMILES string of the molecule is CC1(CN)CCN(C(=O)C2(Cc3ccccc3)CC2)C1. The normalized spacial score (nSPS) is 27.6. The molecule has 1 aliphatic carbocycles. The van der Waals surface area contributed by atoms with Crippen LogP contribution in [-0.2, 0) is 11.2 Å². The molecule has 3 heteroatoms. The summed E-state index contributed by atoms with van der Waals surface area (Å²) in [6.07, 6.45) is 4.01. The number of carbonyl (C=O) groups excluding carboxylic acids is 1. The van der Waals surface area contributed by atoms with Crippen LogP contribution in [-0.4, -0.2) is 30.4 Å². The molecule has 1 unspecified atom stereocenters. The molecule has 108 valence electrons. The van der Waals surface area contributed by atoms with Gasteiger partial charge in [-0.2, -0.15) is 0 Å². The maximum atomic E-state index is 12.8. The van der Waals surface area contributed by atoms with Gasteiger partial charge < -0.3 is 10.6 Å². The standard InChI is InChI=1S/C17H24N2O/c1-16(12-18)9-10-19(13-16)15(20)17(7-8-17)11-14-5-3-2-4-6-14/h2-6H,7-13,18H2,1H3. The van der Waals surface area contributed by atoms with E-state index in [0.29, 0.717) is 12.5 Å². The highest BCUT2D eigenvalue weighted by molar-refractivity contribution is 5.86. The molecule has 0 aromatic heterocycles. The topological polar surface area (TPSA) is 46.3 Å². The first-order valence-electron chi connectivity index (χ1n) is 7.60. The molecule has 1 aliphatic heterocycles. The van der Waals surface area contributed by atoms with Gasteiger partial charge in [-0.1, -0.05) is 37.3 Å². The van der Waals surface area contributed by atoms with Crippen LogP contribution in [0.25, 0.3) is 0 Å². The van der Waals surface area contributed by atoms with E-state index >= 15 is 0 Å². The average Bonchev–Trinajstić information content (AvgIpc) is 3.14. The van der Waals surface area contributed by atoms with E-state index in [-0.39, 0.29) is 10.8 Å². The summed E-state index contributed by atoms with van der Waals surface area (Å²) in [6.45, 7) is 4.57. The fourth-order valence-corrected chi connectivity index (χ4v) is 3.30. The van der Waals surface area contributed by atoms with E-state index in [4.69, 9.17) is 5.73 Å². The highest BCUT2D eigenvalue weighted by Gasteiger charge is 2.53. The van der Waals surface area contributed by atoms with Gasteiger partial charge in [-0.15, -0.1) is 0 Å². The first kappa shape index (κ1) is 13.6. The second-order valence-corrected chi connectivity index (χ2v) is 6.93. The van der Waals surface area contributed by atoms with Crippen LogP contribution in [0.15, 0.2) is 30.3 Å². The summed E-state index contributed by atoms with van der Waals surface area (Å²) in [5.74, 6) is 0.360. The Balaban J connectivity index is 1.68. The molecule has 20 heavy (non-hydrogen) atoms. The Morgan fingerprint density at radius 1 is 1.25 bits per heavy atom. The second-order valence-electron chi connectivity index (χ2n) is 6.93. The molecular formula is C17H24N2O. The van der Waals surface area contributed by atoms with E-state index in [1.807, 2.05) is 6.07 Å². The Morgan fingerprint density at radius 2 is 1.95 bits per heavy atom. The molecule has 3 nitrogen and oxygen atoms in total. The number of hydrogen-bond donors (Lipinski definition) is 1. The lowest BCUT2D eigenvalue weighted by Crippen LogP contribution is -2.39. The fraction of sp³-hybridized carbons (Fsp3) is 0.588. The molecule has 1 aromatic carbocycles. The van der Waals surface area contributed by atoms with Crippen LogP contribution in [0, 0.1) is 10.8 Å². The number of nitrogens with two attached hydrogens (primary N) is 1. The number of rotatable bonds is 4. The predicted octanol–water partition coefficient (Wildman–Crippen LogP) is 2.21. The van der Waals surface area contributed by atoms with E-state index in [2.05, 4.69) is 36.1 Å². The second kappa shape index (κ2) is 4.88. The fourth-order valence-electron chi connectivity index (χ4n) is 3.30. The van der Waals surface area contributed by atoms with Gasteiger partial charge in [0.05, 0.1) is 5.41 Å². The van der Waals surface area contributed by atoms with Crippen molar-refractivity contribution in [1.82, 2.24) is 4.90 Å². The molecule has 1 heterocycles. The van der Waals surface area contributed by atoms with E-state index in [1.54, 1.807) is 0 Å². The van der Waals surface area contributed by atoms with Crippen LogP contribution < -0.4 is 5.73 Å². The van der Waals surface area contributed by atoms with Gasteiger partial charge in [0, 0.05) is 13.1 Å². The van der Waals surface area contributed by atoms with Crippen molar-refractivity contribution in [2.75, 3.05) is 19.6 Å². The number of benzene rings is 1. The van der Waals surface area contributed by atoms with Crippen molar-refractivity contribution in [2.45, 2.75) is 32.6 Å². The van der Waals surface area contributed by atoms with Crippen molar-refractivity contribution in [2.24, 2.45) is 16.6 Å². The smallest absolute Gasteiger partial charge is 0.229 e. The molecule has 2 aliphatic rings. The van der Waals surface area contributed by atoms with Crippen LogP contribution >= 0.6 is 0 Å². The zero-order chi connectivity index (χ0) is 14.2. The summed E-state index contributed by atoms with van der Waals surface area (Å²) in [5, 5.41) is 0. The van der Waals surface area contributed by atoms with Crippen LogP contribution in [0.3, 0.4) is 0 Å². The number of carbonyl (C=O) groups is 1. The van der Waals surface area contributed by atoms with E-state index in [1.165, 1.54) is 5.56 Å². The highest BCUT2D eigenvalue weighted by atomic mass is 16.2. The van der Waals surface area contributed by atoms with Gasteiger partial charge in [0.1, 0.15) is 0 Å². The summed E-state index contributed by atoms with van der Waals surface area (Å²) in [7, 11) is 0. The van der Waals surface area contributed by atoms with Gasteiger partial charge >= 0.3 is 0 Å². The summed E-state index contributed by atoms with van der Waals surface area (Å²) < 4.78 is 0. The molecule has 1 saturated heterocycles. The lowest BCUT2D eigenvalue weighted by molar-refractivity contribution is -0.136. The van der Waals surface area contributed by atoms with Gasteiger partial charge in [0.15, 0.2) is 0 Å². The zero-order valence-corrected chi connectivity index (χ0v) is 12.3. The van der Waals surface area contributed by atoms with Gasteiger partial charge in [-0.05, 0) is 43.2 Å². The Kier molecular flexibility index (Phi) is 3.33. The lowest BCUT2D eigenvalue weighted by Gasteiger charge is -2.26. The molecule has 3 rings (SSSR count). The van der Waals surface area contributed by atoms with Crippen LogP contribution in [0.5, 0.6) is 0 Å². The minimum absolute atomic E-state index is 0.110. The maximum Gasteiger partial charge on any atom is 0.229 e. The largest absolute Gasteiger partial charge is 0.342 e. The van der Waals surface area contributed by atoms with Crippen molar-refractivity contribution in [3.8, 4) is 0 Å². The Morgan fingerprint density at radius 3 is 2.50 bits per heavy atom. The third-order valence-electron chi connectivity index (χ3n) is 5.03. The molecule has 1 atom stereocenters. The number of hydrogen-bond acceptors (Lipinski definition) is 2. The molecular weight excluding hydrogens is 248 g/mol. The highest BCUT2D eigenvalue weighted by Crippen LogP contribution is 2.50. The predicted molar refractivity (Wildman–Crippen MR) is 80.2 cm³/mol. The monoisotopic (exact) mass is 272 g/mol. The van der Waals surface area contributed by atoms with Crippen LogP contribution in [0.1, 0.15) is 31.7 Å². The van der Waals surface area contributed by atoms with E-state index in [9.17, 15) is 4.79 Å². The molecule has 0 radical (unpaired) electrons. The first-order chi connectivity index (χ1) is 9.57. The molecule has 1 aromatic rings. The number of amides is 1. The first-order valence-corrected chi connectivity index (χ1v) is 7.60. The van der Waals surface area contributed by atoms with Crippen molar-refractivity contribution >= 4 is 5.91 Å². The average molecular weight is 272 g/mol. The number of nitrogens with zero attached hydrogens (tertiary/aromatic N) is 1. The van der Waals surface area contributed by atoms with Crippen molar-refractivity contribution < 1.29 is 4.79 Å². The molecule has 2 N–H and O–H groups in total. The molecule has 2 fully saturated rings. The lowest BCUT2D eigenvalue weighted by atomic mass is 9.90. The summed E-state index contributed by atoms with van der Waals surface area (Å²) >= 11 is 0. The minimum Gasteiger partial charge on any atom is -0.342 e. The Hall–Kier alpha value is -1.35. The quantitative estimate of drug-likeness (QED) is 0.913. The van der Waals surface area contributed by atoms with E-state index in [0.717, 1.165) is 38.8 Å². The third-order valence-corrected chi connectivity index (χ3v) is 5.03. The summed E-state index contributed by atoms with van der Waals surface area (Å²) in [4.78, 5) is 14.9. The molecule has 1 amide bonds. The van der Waals surface area contributed by atoms with Gasteiger partial charge in [-0.3, -0.25) is 4.79 Å². The third kappa shape index (κ3) is 2.47. The zero-order valence-electron chi connectivity index (χ0n) is 12.3. The number of likely N-dealkylation sites (tertiary alicyclic amines) is 1. The van der Waals surface area contributed by atoms with Crippen LogP contribution in [0.2, 0.25) is 0 Å². The minimum atomic E-state index is -0.110. The van der Waals surface area contributed by atoms with Gasteiger partial charge in [-0.25, -0.2) is 0 Å². The van der Waals surface area contributed by atoms with Crippen molar-refractivity contribution in [3.05, 3.63) is 35.9 Å². The van der Waals surface area contributed by atoms with Gasteiger partial charge in [0.25, 0.3) is 0 Å². The van der Waals surface area contributed by atoms with Crippen molar-refractivity contribution in [3.63, 3.8) is 0 Å². The molecule has 0 bridgehead atoms. The molecule has 1 saturated carbocycles. The van der Waals surface area contributed by atoms with Crippen LogP contribution in [0.4, 0.5) is 0 Å². The van der Waals surface area contributed by atoms with Crippen molar-refractivity contribution in [1.29, 1.82) is 0 Å². The van der Waals surface area contributed by atoms with Gasteiger partial charge in [0.2, 0.25) is 5.91 Å². The maximum absolute atomic E-state index is 12.8. The summed E-state index contributed by atoms with van der Waals surface area (Å²) in [5.41, 5.74) is 7.13. The Labute approximate surface area is 121 Å². The van der Waals surface area contributed by atoms with E-state index < -0.39 is 0 Å². The Bertz CT molecular complexity index is 495. The summed E-state index contributed by atoms with van der Waals surface area (Å²) in [6, 6.07) is 10.4. The molecule has 0 spiro atoms.